The van der Waals surface area contributed by atoms with Crippen LogP contribution in [-0.4, -0.2) is 24.3 Å². The molecule has 0 bridgehead atoms. The maximum Gasteiger partial charge on any atom is 0.314 e. The Labute approximate surface area is 152 Å². The standard InChI is InChI=1S/C20H21N3O3/c1-13-5-3-6-15(11-13)21-19(25)20(26)22-16-9-8-14(2)17(12-16)23-10-4-7-18(23)24/h3,5-6,8-9,11-12H,4,7,10H2,1-2H3,(H,21,25)(H,22,26). The minimum absolute atomic E-state index is 0.0776. The van der Waals surface area contributed by atoms with Crippen LogP contribution in [0.25, 0.3) is 0 Å². The third kappa shape index (κ3) is 3.91. The Bertz CT molecular complexity index is 876. The third-order valence-electron chi connectivity index (χ3n) is 4.31. The quantitative estimate of drug-likeness (QED) is 0.835. The van der Waals surface area contributed by atoms with Crippen molar-refractivity contribution in [2.24, 2.45) is 0 Å². The number of anilines is 3. The van der Waals surface area contributed by atoms with Gasteiger partial charge in [-0.1, -0.05) is 18.2 Å². The molecule has 3 rings (SSSR count). The lowest BCUT2D eigenvalue weighted by Crippen LogP contribution is -2.29. The number of hydrogen-bond acceptors (Lipinski definition) is 3. The molecule has 1 heterocycles. The summed E-state index contributed by atoms with van der Waals surface area (Å²) < 4.78 is 0. The van der Waals surface area contributed by atoms with E-state index in [2.05, 4.69) is 10.6 Å². The molecule has 2 aromatic carbocycles. The van der Waals surface area contributed by atoms with Crippen molar-refractivity contribution in [3.8, 4) is 0 Å². The van der Waals surface area contributed by atoms with Crippen LogP contribution in [0.2, 0.25) is 0 Å². The van der Waals surface area contributed by atoms with E-state index in [1.807, 2.05) is 32.0 Å². The molecule has 1 aliphatic heterocycles. The lowest BCUT2D eigenvalue weighted by Gasteiger charge is -2.19. The van der Waals surface area contributed by atoms with E-state index in [1.54, 1.807) is 29.2 Å². The van der Waals surface area contributed by atoms with Gasteiger partial charge in [-0.3, -0.25) is 14.4 Å². The lowest BCUT2D eigenvalue weighted by atomic mass is 10.1. The van der Waals surface area contributed by atoms with Crippen molar-refractivity contribution in [3.05, 3.63) is 53.6 Å². The maximum atomic E-state index is 12.2. The zero-order chi connectivity index (χ0) is 18.7. The summed E-state index contributed by atoms with van der Waals surface area (Å²) in [7, 11) is 0. The molecule has 1 fully saturated rings. The Balaban J connectivity index is 1.71. The van der Waals surface area contributed by atoms with E-state index < -0.39 is 11.8 Å². The van der Waals surface area contributed by atoms with E-state index in [9.17, 15) is 14.4 Å². The Morgan fingerprint density at radius 3 is 2.27 bits per heavy atom. The molecule has 1 saturated heterocycles. The van der Waals surface area contributed by atoms with Crippen LogP contribution in [0.15, 0.2) is 42.5 Å². The fourth-order valence-corrected chi connectivity index (χ4v) is 2.98. The Morgan fingerprint density at radius 2 is 1.65 bits per heavy atom. The van der Waals surface area contributed by atoms with Gasteiger partial charge in [-0.2, -0.15) is 0 Å². The molecule has 0 radical (unpaired) electrons. The van der Waals surface area contributed by atoms with Crippen LogP contribution in [0.5, 0.6) is 0 Å². The van der Waals surface area contributed by atoms with Crippen molar-refractivity contribution in [3.63, 3.8) is 0 Å². The normalized spacial score (nSPS) is 13.6. The van der Waals surface area contributed by atoms with Gasteiger partial charge < -0.3 is 15.5 Å². The predicted molar refractivity (Wildman–Crippen MR) is 101 cm³/mol. The molecule has 134 valence electrons. The van der Waals surface area contributed by atoms with Gasteiger partial charge in [0.05, 0.1) is 0 Å². The molecule has 0 aliphatic carbocycles. The van der Waals surface area contributed by atoms with E-state index in [4.69, 9.17) is 0 Å². The molecule has 0 atom stereocenters. The molecule has 2 aromatic rings. The van der Waals surface area contributed by atoms with Crippen molar-refractivity contribution in [1.29, 1.82) is 0 Å². The topological polar surface area (TPSA) is 78.5 Å². The highest BCUT2D eigenvalue weighted by Gasteiger charge is 2.23. The highest BCUT2D eigenvalue weighted by molar-refractivity contribution is 6.43. The first-order valence-corrected chi connectivity index (χ1v) is 8.54. The fraction of sp³-hybridized carbons (Fsp3) is 0.250. The summed E-state index contributed by atoms with van der Waals surface area (Å²) in [6, 6.07) is 12.5. The Morgan fingerprint density at radius 1 is 0.962 bits per heavy atom. The number of nitrogens with one attached hydrogen (secondary N) is 2. The molecule has 2 N–H and O–H groups in total. The first-order chi connectivity index (χ1) is 12.4. The van der Waals surface area contributed by atoms with Crippen molar-refractivity contribution < 1.29 is 14.4 Å². The van der Waals surface area contributed by atoms with E-state index in [0.717, 1.165) is 23.2 Å². The highest BCUT2D eigenvalue weighted by Crippen LogP contribution is 2.28. The van der Waals surface area contributed by atoms with Gasteiger partial charge in [0.15, 0.2) is 0 Å². The van der Waals surface area contributed by atoms with Crippen LogP contribution in [-0.2, 0) is 14.4 Å². The predicted octanol–water partition coefficient (Wildman–Crippen LogP) is 3.01. The van der Waals surface area contributed by atoms with Crippen molar-refractivity contribution in [2.45, 2.75) is 26.7 Å². The van der Waals surface area contributed by atoms with E-state index in [1.165, 1.54) is 0 Å². The molecule has 6 heteroatoms. The monoisotopic (exact) mass is 351 g/mol. The first kappa shape index (κ1) is 17.7. The molecule has 0 aromatic heterocycles. The van der Waals surface area contributed by atoms with Gasteiger partial charge in [0.2, 0.25) is 5.91 Å². The van der Waals surface area contributed by atoms with Crippen molar-refractivity contribution in [2.75, 3.05) is 22.1 Å². The number of carbonyl (C=O) groups is 3. The highest BCUT2D eigenvalue weighted by atomic mass is 16.2. The zero-order valence-electron chi connectivity index (χ0n) is 14.8. The van der Waals surface area contributed by atoms with Gasteiger partial charge >= 0.3 is 11.8 Å². The molecule has 3 amide bonds. The second-order valence-corrected chi connectivity index (χ2v) is 6.43. The first-order valence-electron chi connectivity index (χ1n) is 8.54. The van der Waals surface area contributed by atoms with Gasteiger partial charge in [-0.05, 0) is 55.7 Å². The fourth-order valence-electron chi connectivity index (χ4n) is 2.98. The molecular formula is C20H21N3O3. The van der Waals surface area contributed by atoms with E-state index in [0.29, 0.717) is 24.3 Å². The smallest absolute Gasteiger partial charge is 0.314 e. The van der Waals surface area contributed by atoms with E-state index >= 15 is 0 Å². The van der Waals surface area contributed by atoms with Gasteiger partial charge in [0.25, 0.3) is 0 Å². The van der Waals surface area contributed by atoms with Crippen LogP contribution in [0.1, 0.15) is 24.0 Å². The Kier molecular flexibility index (Phi) is 5.02. The SMILES string of the molecule is Cc1cccc(NC(=O)C(=O)Nc2ccc(C)c(N3CCCC3=O)c2)c1. The number of carbonyl (C=O) groups excluding carboxylic acids is 3. The number of rotatable bonds is 3. The minimum atomic E-state index is -0.756. The molecule has 1 aliphatic rings. The summed E-state index contributed by atoms with van der Waals surface area (Å²) in [6.07, 6.45) is 1.36. The largest absolute Gasteiger partial charge is 0.318 e. The van der Waals surface area contributed by atoms with Gasteiger partial charge in [0, 0.05) is 30.0 Å². The minimum Gasteiger partial charge on any atom is -0.318 e. The Hall–Kier alpha value is -3.15. The van der Waals surface area contributed by atoms with Crippen molar-refractivity contribution >= 4 is 34.8 Å². The third-order valence-corrected chi connectivity index (χ3v) is 4.31. The lowest BCUT2D eigenvalue weighted by molar-refractivity contribution is -0.132. The summed E-state index contributed by atoms with van der Waals surface area (Å²) in [5, 5.41) is 5.17. The average molecular weight is 351 g/mol. The van der Waals surface area contributed by atoms with Gasteiger partial charge in [-0.25, -0.2) is 0 Å². The molecule has 0 unspecified atom stereocenters. The molecule has 26 heavy (non-hydrogen) atoms. The zero-order valence-corrected chi connectivity index (χ0v) is 14.8. The van der Waals surface area contributed by atoms with Gasteiger partial charge in [-0.15, -0.1) is 0 Å². The second kappa shape index (κ2) is 7.39. The average Bonchev–Trinajstić information content (AvgIpc) is 3.02. The molecular weight excluding hydrogens is 330 g/mol. The van der Waals surface area contributed by atoms with E-state index in [-0.39, 0.29) is 5.91 Å². The summed E-state index contributed by atoms with van der Waals surface area (Å²) >= 11 is 0. The second-order valence-electron chi connectivity index (χ2n) is 6.43. The van der Waals surface area contributed by atoms with Gasteiger partial charge in [0.1, 0.15) is 0 Å². The van der Waals surface area contributed by atoms with Crippen molar-refractivity contribution in [1.82, 2.24) is 0 Å². The summed E-state index contributed by atoms with van der Waals surface area (Å²) in [6.45, 7) is 4.49. The number of nitrogens with zero attached hydrogens (tertiary/aromatic N) is 1. The number of amides is 3. The van der Waals surface area contributed by atoms with Crippen LogP contribution >= 0.6 is 0 Å². The number of benzene rings is 2. The summed E-state index contributed by atoms with van der Waals surface area (Å²) in [5.74, 6) is -1.42. The molecule has 6 nitrogen and oxygen atoms in total. The number of aryl methyl sites for hydroxylation is 2. The van der Waals surface area contributed by atoms with Crippen LogP contribution < -0.4 is 15.5 Å². The molecule has 0 spiro atoms. The maximum absolute atomic E-state index is 12.2. The van der Waals surface area contributed by atoms with Crippen LogP contribution in [0.4, 0.5) is 17.1 Å². The summed E-state index contributed by atoms with van der Waals surface area (Å²) in [4.78, 5) is 38.0. The van der Waals surface area contributed by atoms with Crippen LogP contribution in [0.3, 0.4) is 0 Å². The summed E-state index contributed by atoms with van der Waals surface area (Å²) in [5.41, 5.74) is 3.75. The number of hydrogen-bond donors (Lipinski definition) is 2. The molecule has 0 saturated carbocycles. The van der Waals surface area contributed by atoms with Crippen LogP contribution in [0, 0.1) is 13.8 Å².